The van der Waals surface area contributed by atoms with Crippen LogP contribution in [0.15, 0.2) is 24.3 Å². The third-order valence-electron chi connectivity index (χ3n) is 2.62. The molecular formula is C13H18BrNO2. The van der Waals surface area contributed by atoms with Crippen LogP contribution in [-0.4, -0.2) is 31.0 Å². The summed E-state index contributed by atoms with van der Waals surface area (Å²) in [5, 5.41) is 0. The minimum absolute atomic E-state index is 0.240. The first-order valence-corrected chi connectivity index (χ1v) is 6.53. The topological polar surface area (TPSA) is 29.5 Å². The molecule has 0 spiro atoms. The van der Waals surface area contributed by atoms with Crippen molar-refractivity contribution in [3.05, 3.63) is 29.8 Å². The van der Waals surface area contributed by atoms with Crippen molar-refractivity contribution < 1.29 is 9.53 Å². The minimum Gasteiger partial charge on any atom is -0.468 e. The fraction of sp³-hybridized carbons (Fsp3) is 0.462. The Balaban J connectivity index is 2.71. The average molecular weight is 300 g/mol. The molecule has 1 atom stereocenters. The number of esters is 1. The highest BCUT2D eigenvalue weighted by atomic mass is 79.9. The Labute approximate surface area is 111 Å². The molecule has 1 unspecified atom stereocenters. The molecule has 3 nitrogen and oxygen atoms in total. The number of carbonyl (C=O) groups excluding carboxylic acids is 1. The van der Waals surface area contributed by atoms with Crippen LogP contribution in [0.1, 0.15) is 12.5 Å². The van der Waals surface area contributed by atoms with Crippen LogP contribution in [0.3, 0.4) is 0 Å². The van der Waals surface area contributed by atoms with Gasteiger partial charge < -0.3 is 9.64 Å². The van der Waals surface area contributed by atoms with Crippen molar-refractivity contribution in [1.29, 1.82) is 0 Å². The van der Waals surface area contributed by atoms with E-state index in [1.54, 1.807) is 0 Å². The zero-order chi connectivity index (χ0) is 12.8. The second-order valence-electron chi connectivity index (χ2n) is 3.86. The predicted molar refractivity (Wildman–Crippen MR) is 73.8 cm³/mol. The van der Waals surface area contributed by atoms with Gasteiger partial charge in [0.1, 0.15) is 4.83 Å². The van der Waals surface area contributed by atoms with Crippen LogP contribution in [-0.2, 0) is 9.53 Å². The highest BCUT2D eigenvalue weighted by Gasteiger charge is 2.18. The van der Waals surface area contributed by atoms with Crippen LogP contribution in [0.4, 0.5) is 5.69 Å². The molecule has 94 valence electrons. The van der Waals surface area contributed by atoms with Gasteiger partial charge >= 0.3 is 5.97 Å². The number of anilines is 1. The van der Waals surface area contributed by atoms with Gasteiger partial charge in [0.05, 0.1) is 7.11 Å². The number of hydrogen-bond acceptors (Lipinski definition) is 3. The summed E-state index contributed by atoms with van der Waals surface area (Å²) >= 11 is 3.34. The highest BCUT2D eigenvalue weighted by Crippen LogP contribution is 2.17. The molecule has 17 heavy (non-hydrogen) atoms. The summed E-state index contributed by atoms with van der Waals surface area (Å²) in [5.41, 5.74) is 2.35. The van der Waals surface area contributed by atoms with Gasteiger partial charge in [0, 0.05) is 18.8 Å². The molecule has 0 radical (unpaired) electrons. The number of nitrogens with zero attached hydrogens (tertiary/aromatic N) is 1. The number of carbonyl (C=O) groups is 1. The van der Waals surface area contributed by atoms with E-state index in [0.29, 0.717) is 6.54 Å². The lowest BCUT2D eigenvalue weighted by Crippen LogP contribution is -2.34. The first-order chi connectivity index (χ1) is 8.08. The molecule has 0 aliphatic rings. The van der Waals surface area contributed by atoms with Gasteiger partial charge in [0.2, 0.25) is 0 Å². The third kappa shape index (κ3) is 4.04. The molecule has 1 rings (SSSR count). The van der Waals surface area contributed by atoms with E-state index < -0.39 is 0 Å². The normalized spacial score (nSPS) is 12.0. The number of rotatable bonds is 5. The van der Waals surface area contributed by atoms with Gasteiger partial charge in [-0.15, -0.1) is 0 Å². The van der Waals surface area contributed by atoms with Crippen molar-refractivity contribution in [2.75, 3.05) is 25.1 Å². The zero-order valence-corrected chi connectivity index (χ0v) is 12.0. The lowest BCUT2D eigenvalue weighted by molar-refractivity contribution is -0.139. The summed E-state index contributed by atoms with van der Waals surface area (Å²) in [6, 6.07) is 8.27. The number of alkyl halides is 1. The quantitative estimate of drug-likeness (QED) is 0.618. The monoisotopic (exact) mass is 299 g/mol. The minimum atomic E-state index is -0.297. The number of ether oxygens (including phenoxy) is 1. The molecule has 0 saturated heterocycles. The number of hydrogen-bond donors (Lipinski definition) is 0. The molecule has 0 aliphatic carbocycles. The molecule has 0 aliphatic heterocycles. The van der Waals surface area contributed by atoms with Gasteiger partial charge in [-0.25, -0.2) is 0 Å². The number of halogens is 1. The molecule has 0 aromatic heterocycles. The Hall–Kier alpha value is -1.03. The molecule has 0 saturated carbocycles. The summed E-state index contributed by atoms with van der Waals surface area (Å²) in [4.78, 5) is 13.2. The molecular weight excluding hydrogens is 282 g/mol. The SMILES string of the molecule is CCN(CC(Br)C(=O)OC)c1ccc(C)cc1. The Morgan fingerprint density at radius 2 is 2.00 bits per heavy atom. The van der Waals surface area contributed by atoms with Gasteiger partial charge in [-0.3, -0.25) is 4.79 Å². The van der Waals surface area contributed by atoms with E-state index >= 15 is 0 Å². The smallest absolute Gasteiger partial charge is 0.321 e. The number of benzene rings is 1. The Bertz CT molecular complexity index is 364. The van der Waals surface area contributed by atoms with Gasteiger partial charge in [0.25, 0.3) is 0 Å². The van der Waals surface area contributed by atoms with E-state index in [9.17, 15) is 4.79 Å². The van der Waals surface area contributed by atoms with Crippen LogP contribution in [0, 0.1) is 6.92 Å². The van der Waals surface area contributed by atoms with E-state index in [2.05, 4.69) is 58.9 Å². The third-order valence-corrected chi connectivity index (χ3v) is 3.28. The van der Waals surface area contributed by atoms with Gasteiger partial charge in [0.15, 0.2) is 0 Å². The molecule has 0 fully saturated rings. The first kappa shape index (κ1) is 14.0. The average Bonchev–Trinajstić information content (AvgIpc) is 2.35. The van der Waals surface area contributed by atoms with E-state index in [4.69, 9.17) is 4.74 Å². The van der Waals surface area contributed by atoms with Gasteiger partial charge in [-0.2, -0.15) is 0 Å². The lowest BCUT2D eigenvalue weighted by Gasteiger charge is -2.25. The summed E-state index contributed by atoms with van der Waals surface area (Å²) in [6.07, 6.45) is 0. The van der Waals surface area contributed by atoms with Crippen molar-refractivity contribution >= 4 is 27.6 Å². The first-order valence-electron chi connectivity index (χ1n) is 5.62. The van der Waals surface area contributed by atoms with Crippen molar-refractivity contribution in [1.82, 2.24) is 0 Å². The molecule has 1 aromatic carbocycles. The van der Waals surface area contributed by atoms with E-state index in [-0.39, 0.29) is 10.8 Å². The van der Waals surface area contributed by atoms with Gasteiger partial charge in [-0.05, 0) is 26.0 Å². The Morgan fingerprint density at radius 3 is 2.47 bits per heavy atom. The molecule has 0 heterocycles. The van der Waals surface area contributed by atoms with Gasteiger partial charge in [-0.1, -0.05) is 33.6 Å². The zero-order valence-electron chi connectivity index (χ0n) is 10.4. The standard InChI is InChI=1S/C13H18BrNO2/c1-4-15(9-12(14)13(16)17-3)11-7-5-10(2)6-8-11/h5-8,12H,4,9H2,1-3H3. The van der Waals surface area contributed by atoms with Crippen LogP contribution in [0.25, 0.3) is 0 Å². The molecule has 0 amide bonds. The summed E-state index contributed by atoms with van der Waals surface area (Å²) in [5.74, 6) is -0.240. The Kier molecular flexibility index (Phi) is 5.48. The largest absolute Gasteiger partial charge is 0.468 e. The van der Waals surface area contributed by atoms with Crippen LogP contribution in [0.2, 0.25) is 0 Å². The van der Waals surface area contributed by atoms with E-state index in [0.717, 1.165) is 12.2 Å². The summed E-state index contributed by atoms with van der Waals surface area (Å²) < 4.78 is 4.70. The molecule has 4 heteroatoms. The number of methoxy groups -OCH3 is 1. The summed E-state index contributed by atoms with van der Waals surface area (Å²) in [6.45, 7) is 5.58. The molecule has 0 bridgehead atoms. The second kappa shape index (κ2) is 6.64. The number of aryl methyl sites for hydroxylation is 1. The van der Waals surface area contributed by atoms with E-state index in [1.165, 1.54) is 12.7 Å². The second-order valence-corrected chi connectivity index (χ2v) is 4.97. The lowest BCUT2D eigenvalue weighted by atomic mass is 10.2. The molecule has 1 aromatic rings. The van der Waals surface area contributed by atoms with E-state index in [1.807, 2.05) is 0 Å². The highest BCUT2D eigenvalue weighted by molar-refractivity contribution is 9.10. The summed E-state index contributed by atoms with van der Waals surface area (Å²) in [7, 11) is 1.40. The maximum absolute atomic E-state index is 11.4. The Morgan fingerprint density at radius 1 is 1.41 bits per heavy atom. The van der Waals surface area contributed by atoms with Crippen molar-refractivity contribution in [3.63, 3.8) is 0 Å². The predicted octanol–water partition coefficient (Wildman–Crippen LogP) is 2.76. The van der Waals surface area contributed by atoms with Crippen molar-refractivity contribution in [2.45, 2.75) is 18.7 Å². The fourth-order valence-electron chi connectivity index (χ4n) is 1.57. The van der Waals surface area contributed by atoms with Crippen LogP contribution in [0.5, 0.6) is 0 Å². The molecule has 0 N–H and O–H groups in total. The van der Waals surface area contributed by atoms with Crippen molar-refractivity contribution in [3.8, 4) is 0 Å². The van der Waals surface area contributed by atoms with Crippen LogP contribution >= 0.6 is 15.9 Å². The maximum Gasteiger partial charge on any atom is 0.321 e. The maximum atomic E-state index is 11.4. The van der Waals surface area contributed by atoms with Crippen LogP contribution < -0.4 is 4.90 Å². The van der Waals surface area contributed by atoms with Crippen molar-refractivity contribution in [2.24, 2.45) is 0 Å². The fourth-order valence-corrected chi connectivity index (χ4v) is 2.11.